The number of benzene rings is 1. The van der Waals surface area contributed by atoms with E-state index in [9.17, 15) is 4.79 Å². The van der Waals surface area contributed by atoms with Gasteiger partial charge in [0.25, 0.3) is 0 Å². The highest BCUT2D eigenvalue weighted by Crippen LogP contribution is 2.04. The van der Waals surface area contributed by atoms with Crippen LogP contribution in [0, 0.1) is 6.92 Å². The van der Waals surface area contributed by atoms with Gasteiger partial charge in [-0.3, -0.25) is 0 Å². The minimum absolute atomic E-state index is 0.271. The van der Waals surface area contributed by atoms with Crippen LogP contribution in [-0.2, 0) is 4.74 Å². The molecule has 1 aromatic rings. The van der Waals surface area contributed by atoms with Gasteiger partial charge >= 0.3 is 5.97 Å². The normalized spacial score (nSPS) is 9.50. The summed E-state index contributed by atoms with van der Waals surface area (Å²) < 4.78 is 5.00. The van der Waals surface area contributed by atoms with Crippen LogP contribution in [0.4, 0.5) is 0 Å². The van der Waals surface area contributed by atoms with Crippen molar-refractivity contribution in [1.82, 2.24) is 0 Å². The van der Waals surface area contributed by atoms with Crippen LogP contribution in [0.15, 0.2) is 36.9 Å². The van der Waals surface area contributed by atoms with E-state index in [1.165, 1.54) is 0 Å². The van der Waals surface area contributed by atoms with Gasteiger partial charge in [-0.25, -0.2) is 4.79 Å². The Labute approximate surface area is 84.2 Å². The Morgan fingerprint density at radius 1 is 1.43 bits per heavy atom. The summed E-state index contributed by atoms with van der Waals surface area (Å²) in [5, 5.41) is 0. The number of hydrogen-bond donors (Lipinski definition) is 0. The Balaban J connectivity index is 2.52. The fourth-order valence-electron chi connectivity index (χ4n) is 1.01. The predicted molar refractivity (Wildman–Crippen MR) is 56.3 cm³/mol. The first-order chi connectivity index (χ1) is 6.74. The molecule has 0 aromatic heterocycles. The minimum atomic E-state index is -0.271. The zero-order valence-electron chi connectivity index (χ0n) is 8.32. The summed E-state index contributed by atoms with van der Waals surface area (Å²) >= 11 is 0. The first kappa shape index (κ1) is 10.5. The number of carbonyl (C=O) groups excluding carboxylic acids is 1. The topological polar surface area (TPSA) is 26.3 Å². The summed E-state index contributed by atoms with van der Waals surface area (Å²) in [6.07, 6.45) is 2.42. The lowest BCUT2D eigenvalue weighted by Gasteiger charge is -2.02. The standard InChI is InChI=1S/C12H14O2/c1-3-4-9-14-12(13)11-7-5-10(2)6-8-11/h3,5-8H,1,4,9H2,2H3. The van der Waals surface area contributed by atoms with Crippen molar-refractivity contribution in [3.63, 3.8) is 0 Å². The van der Waals surface area contributed by atoms with E-state index in [1.54, 1.807) is 18.2 Å². The van der Waals surface area contributed by atoms with Gasteiger partial charge in [-0.15, -0.1) is 6.58 Å². The quantitative estimate of drug-likeness (QED) is 0.414. The van der Waals surface area contributed by atoms with E-state index in [4.69, 9.17) is 4.74 Å². The molecule has 2 heteroatoms. The second-order valence-corrected chi connectivity index (χ2v) is 3.08. The van der Waals surface area contributed by atoms with Crippen LogP contribution in [-0.4, -0.2) is 12.6 Å². The number of esters is 1. The van der Waals surface area contributed by atoms with Gasteiger partial charge in [0.2, 0.25) is 0 Å². The second kappa shape index (κ2) is 5.22. The first-order valence-electron chi connectivity index (χ1n) is 4.58. The highest BCUT2D eigenvalue weighted by molar-refractivity contribution is 5.89. The predicted octanol–water partition coefficient (Wildman–Crippen LogP) is 2.73. The van der Waals surface area contributed by atoms with E-state index in [2.05, 4.69) is 6.58 Å². The van der Waals surface area contributed by atoms with Gasteiger partial charge in [0, 0.05) is 0 Å². The van der Waals surface area contributed by atoms with Crippen molar-refractivity contribution < 1.29 is 9.53 Å². The molecule has 0 heterocycles. The van der Waals surface area contributed by atoms with E-state index < -0.39 is 0 Å². The highest BCUT2D eigenvalue weighted by atomic mass is 16.5. The van der Waals surface area contributed by atoms with Crippen LogP contribution in [0.3, 0.4) is 0 Å². The van der Waals surface area contributed by atoms with Gasteiger partial charge < -0.3 is 4.74 Å². The summed E-state index contributed by atoms with van der Waals surface area (Å²) in [6, 6.07) is 7.32. The van der Waals surface area contributed by atoms with Crippen LogP contribution in [0.1, 0.15) is 22.3 Å². The lowest BCUT2D eigenvalue weighted by molar-refractivity contribution is 0.0512. The average molecular weight is 190 g/mol. The Bertz CT molecular complexity index is 312. The molecular weight excluding hydrogens is 176 g/mol. The first-order valence-corrected chi connectivity index (χ1v) is 4.58. The Hall–Kier alpha value is -1.57. The number of rotatable bonds is 4. The van der Waals surface area contributed by atoms with Crippen molar-refractivity contribution >= 4 is 5.97 Å². The number of carbonyl (C=O) groups is 1. The molecule has 0 aliphatic rings. The Morgan fingerprint density at radius 3 is 2.64 bits per heavy atom. The van der Waals surface area contributed by atoms with E-state index in [0.717, 1.165) is 5.56 Å². The largest absolute Gasteiger partial charge is 0.462 e. The van der Waals surface area contributed by atoms with E-state index in [-0.39, 0.29) is 5.97 Å². The molecule has 2 nitrogen and oxygen atoms in total. The van der Waals surface area contributed by atoms with Crippen LogP contribution < -0.4 is 0 Å². The molecule has 74 valence electrons. The van der Waals surface area contributed by atoms with E-state index in [1.807, 2.05) is 19.1 Å². The third kappa shape index (κ3) is 3.05. The fourth-order valence-corrected chi connectivity index (χ4v) is 1.01. The van der Waals surface area contributed by atoms with Crippen molar-refractivity contribution in [2.75, 3.05) is 6.61 Å². The zero-order valence-corrected chi connectivity index (χ0v) is 8.32. The molecule has 0 aliphatic carbocycles. The third-order valence-corrected chi connectivity index (χ3v) is 1.84. The summed E-state index contributed by atoms with van der Waals surface area (Å²) in [5.41, 5.74) is 1.73. The molecule has 0 saturated heterocycles. The molecule has 0 saturated carbocycles. The van der Waals surface area contributed by atoms with Gasteiger partial charge in [-0.1, -0.05) is 23.8 Å². The lowest BCUT2D eigenvalue weighted by Crippen LogP contribution is -2.05. The van der Waals surface area contributed by atoms with E-state index >= 15 is 0 Å². The maximum absolute atomic E-state index is 11.4. The molecular formula is C12H14O2. The summed E-state index contributed by atoms with van der Waals surface area (Å²) in [5.74, 6) is -0.271. The van der Waals surface area contributed by atoms with Crippen molar-refractivity contribution in [3.05, 3.63) is 48.0 Å². The smallest absolute Gasteiger partial charge is 0.338 e. The highest BCUT2D eigenvalue weighted by Gasteiger charge is 2.04. The molecule has 0 radical (unpaired) electrons. The Morgan fingerprint density at radius 2 is 2.07 bits per heavy atom. The molecule has 0 bridgehead atoms. The second-order valence-electron chi connectivity index (χ2n) is 3.08. The molecule has 0 fully saturated rings. The van der Waals surface area contributed by atoms with Crippen molar-refractivity contribution in [2.24, 2.45) is 0 Å². The molecule has 0 atom stereocenters. The van der Waals surface area contributed by atoms with Gasteiger partial charge in [0.1, 0.15) is 0 Å². The van der Waals surface area contributed by atoms with Gasteiger partial charge in [-0.2, -0.15) is 0 Å². The SMILES string of the molecule is C=CCCOC(=O)c1ccc(C)cc1. The lowest BCUT2D eigenvalue weighted by atomic mass is 10.1. The number of ether oxygens (including phenoxy) is 1. The van der Waals surface area contributed by atoms with Crippen molar-refractivity contribution in [2.45, 2.75) is 13.3 Å². The third-order valence-electron chi connectivity index (χ3n) is 1.84. The summed E-state index contributed by atoms with van der Waals surface area (Å²) in [7, 11) is 0. The number of aryl methyl sites for hydroxylation is 1. The van der Waals surface area contributed by atoms with Crippen LogP contribution in [0.2, 0.25) is 0 Å². The maximum Gasteiger partial charge on any atom is 0.338 e. The molecule has 1 aromatic carbocycles. The van der Waals surface area contributed by atoms with Crippen molar-refractivity contribution in [1.29, 1.82) is 0 Å². The molecule has 0 spiro atoms. The maximum atomic E-state index is 11.4. The Kier molecular flexibility index (Phi) is 3.92. The van der Waals surface area contributed by atoms with Crippen LogP contribution >= 0.6 is 0 Å². The molecule has 14 heavy (non-hydrogen) atoms. The summed E-state index contributed by atoms with van der Waals surface area (Å²) in [4.78, 5) is 11.4. The van der Waals surface area contributed by atoms with Crippen LogP contribution in [0.5, 0.6) is 0 Å². The molecule has 0 unspecified atom stereocenters. The molecule has 0 aliphatic heterocycles. The molecule has 0 amide bonds. The van der Waals surface area contributed by atoms with Gasteiger partial charge in [-0.05, 0) is 25.5 Å². The summed E-state index contributed by atoms with van der Waals surface area (Å²) in [6.45, 7) is 5.93. The van der Waals surface area contributed by atoms with Crippen LogP contribution in [0.25, 0.3) is 0 Å². The van der Waals surface area contributed by atoms with Gasteiger partial charge in [0.15, 0.2) is 0 Å². The molecule has 1 rings (SSSR count). The fraction of sp³-hybridized carbons (Fsp3) is 0.250. The van der Waals surface area contributed by atoms with Crippen molar-refractivity contribution in [3.8, 4) is 0 Å². The zero-order chi connectivity index (χ0) is 10.4. The molecule has 0 N–H and O–H groups in total. The number of hydrogen-bond acceptors (Lipinski definition) is 2. The minimum Gasteiger partial charge on any atom is -0.462 e. The van der Waals surface area contributed by atoms with Gasteiger partial charge in [0.05, 0.1) is 12.2 Å². The van der Waals surface area contributed by atoms with E-state index in [0.29, 0.717) is 18.6 Å². The average Bonchev–Trinajstić information content (AvgIpc) is 2.19. The monoisotopic (exact) mass is 190 g/mol.